The number of hydrogen-bond acceptors (Lipinski definition) is 4. The van der Waals surface area contributed by atoms with Gasteiger partial charge < -0.3 is 10.2 Å². The van der Waals surface area contributed by atoms with Gasteiger partial charge in [0.25, 0.3) is 0 Å². The standard InChI is InChI=1S/C15H25N5O2/c1-15(2,3)20-9-12(7-14(20)22)8-17-13(21)5-4-6-19-11-16-10-18-19/h10-12H,4-9H2,1-3H3,(H,17,21)/t12-/m1/s1. The summed E-state index contributed by atoms with van der Waals surface area (Å²) in [6.07, 6.45) is 4.84. The Bertz CT molecular complexity index is 507. The van der Waals surface area contributed by atoms with E-state index in [4.69, 9.17) is 0 Å². The highest BCUT2D eigenvalue weighted by Gasteiger charge is 2.35. The summed E-state index contributed by atoms with van der Waals surface area (Å²) in [7, 11) is 0. The summed E-state index contributed by atoms with van der Waals surface area (Å²) < 4.78 is 1.71. The zero-order chi connectivity index (χ0) is 16.2. The Kier molecular flexibility index (Phi) is 5.15. The van der Waals surface area contributed by atoms with Crippen molar-refractivity contribution in [2.45, 2.75) is 52.1 Å². The Morgan fingerprint density at radius 3 is 2.82 bits per heavy atom. The molecule has 1 aliphatic heterocycles. The van der Waals surface area contributed by atoms with E-state index < -0.39 is 0 Å². The summed E-state index contributed by atoms with van der Waals surface area (Å²) in [5, 5.41) is 6.93. The van der Waals surface area contributed by atoms with E-state index in [0.29, 0.717) is 25.9 Å². The lowest BCUT2D eigenvalue weighted by atomic mass is 10.1. The summed E-state index contributed by atoms with van der Waals surface area (Å²) in [6, 6.07) is 0. The monoisotopic (exact) mass is 307 g/mol. The quantitative estimate of drug-likeness (QED) is 0.844. The van der Waals surface area contributed by atoms with Crippen LogP contribution in [0.2, 0.25) is 0 Å². The van der Waals surface area contributed by atoms with Crippen molar-refractivity contribution in [3.05, 3.63) is 12.7 Å². The lowest BCUT2D eigenvalue weighted by Gasteiger charge is -2.32. The fourth-order valence-corrected chi connectivity index (χ4v) is 2.66. The maximum atomic E-state index is 12.0. The van der Waals surface area contributed by atoms with Crippen molar-refractivity contribution in [2.75, 3.05) is 13.1 Å². The first-order chi connectivity index (χ1) is 10.4. The molecule has 22 heavy (non-hydrogen) atoms. The molecule has 0 spiro atoms. The molecule has 1 aliphatic rings. The SMILES string of the molecule is CC(C)(C)N1C[C@@H](CNC(=O)CCCn2cncn2)CC1=O. The molecular weight excluding hydrogens is 282 g/mol. The molecule has 2 rings (SSSR count). The van der Waals surface area contributed by atoms with Gasteiger partial charge in [0, 0.05) is 43.9 Å². The lowest BCUT2D eigenvalue weighted by Crippen LogP contribution is -2.42. The van der Waals surface area contributed by atoms with Crippen LogP contribution in [0.15, 0.2) is 12.7 Å². The third-order valence-electron chi connectivity index (χ3n) is 3.86. The largest absolute Gasteiger partial charge is 0.356 e. The third-order valence-corrected chi connectivity index (χ3v) is 3.86. The summed E-state index contributed by atoms with van der Waals surface area (Å²) in [4.78, 5) is 29.6. The van der Waals surface area contributed by atoms with E-state index >= 15 is 0 Å². The molecule has 122 valence electrons. The normalized spacial score (nSPS) is 18.8. The minimum atomic E-state index is -0.145. The number of aryl methyl sites for hydroxylation is 1. The van der Waals surface area contributed by atoms with Crippen LogP contribution in [-0.2, 0) is 16.1 Å². The van der Waals surface area contributed by atoms with Crippen molar-refractivity contribution in [3.8, 4) is 0 Å². The van der Waals surface area contributed by atoms with Crippen LogP contribution in [0.4, 0.5) is 0 Å². The summed E-state index contributed by atoms with van der Waals surface area (Å²) in [6.45, 7) is 8.09. The Labute approximate surface area is 131 Å². The second-order valence-corrected chi connectivity index (χ2v) is 6.81. The number of amides is 2. The number of carbonyl (C=O) groups is 2. The average Bonchev–Trinajstić information content (AvgIpc) is 3.05. The van der Waals surface area contributed by atoms with Gasteiger partial charge in [0.1, 0.15) is 12.7 Å². The van der Waals surface area contributed by atoms with Gasteiger partial charge in [-0.25, -0.2) is 4.98 Å². The Hall–Kier alpha value is -1.92. The topological polar surface area (TPSA) is 80.1 Å². The molecule has 0 aromatic carbocycles. The second-order valence-electron chi connectivity index (χ2n) is 6.81. The predicted octanol–water partition coefficient (Wildman–Crippen LogP) is 0.821. The number of carbonyl (C=O) groups excluding carboxylic acids is 2. The second kappa shape index (κ2) is 6.89. The van der Waals surface area contributed by atoms with Gasteiger partial charge in [0.2, 0.25) is 11.8 Å². The molecule has 1 aromatic heterocycles. The average molecular weight is 307 g/mol. The Morgan fingerprint density at radius 2 is 2.23 bits per heavy atom. The molecule has 7 nitrogen and oxygen atoms in total. The lowest BCUT2D eigenvalue weighted by molar-refractivity contribution is -0.131. The third kappa shape index (κ3) is 4.54. The van der Waals surface area contributed by atoms with E-state index in [1.165, 1.54) is 6.33 Å². The maximum Gasteiger partial charge on any atom is 0.223 e. The summed E-state index contributed by atoms with van der Waals surface area (Å²) in [5.74, 6) is 0.422. The summed E-state index contributed by atoms with van der Waals surface area (Å²) >= 11 is 0. The van der Waals surface area contributed by atoms with E-state index in [0.717, 1.165) is 13.0 Å². The van der Waals surface area contributed by atoms with Crippen LogP contribution in [0.25, 0.3) is 0 Å². The molecule has 0 unspecified atom stereocenters. The van der Waals surface area contributed by atoms with Gasteiger partial charge in [-0.1, -0.05) is 0 Å². The van der Waals surface area contributed by atoms with Gasteiger partial charge in [0.05, 0.1) is 0 Å². The molecule has 0 aliphatic carbocycles. The van der Waals surface area contributed by atoms with Crippen LogP contribution in [0.3, 0.4) is 0 Å². The molecule has 1 fully saturated rings. The van der Waals surface area contributed by atoms with Crippen molar-refractivity contribution in [1.82, 2.24) is 25.0 Å². The number of aromatic nitrogens is 3. The molecule has 1 atom stereocenters. The van der Waals surface area contributed by atoms with Crippen LogP contribution >= 0.6 is 0 Å². The minimum absolute atomic E-state index is 0.0294. The van der Waals surface area contributed by atoms with Crippen LogP contribution in [0, 0.1) is 5.92 Å². The van der Waals surface area contributed by atoms with Gasteiger partial charge in [0.15, 0.2) is 0 Å². The molecule has 0 saturated carbocycles. The minimum Gasteiger partial charge on any atom is -0.356 e. The van der Waals surface area contributed by atoms with Gasteiger partial charge in [-0.05, 0) is 27.2 Å². The van der Waals surface area contributed by atoms with Gasteiger partial charge in [-0.3, -0.25) is 14.3 Å². The highest BCUT2D eigenvalue weighted by atomic mass is 16.2. The number of likely N-dealkylation sites (tertiary alicyclic amines) is 1. The first kappa shape index (κ1) is 16.5. The first-order valence-electron chi connectivity index (χ1n) is 7.76. The van der Waals surface area contributed by atoms with Crippen molar-refractivity contribution in [1.29, 1.82) is 0 Å². The molecule has 0 radical (unpaired) electrons. The Morgan fingerprint density at radius 1 is 1.45 bits per heavy atom. The van der Waals surface area contributed by atoms with Crippen LogP contribution in [-0.4, -0.2) is 50.1 Å². The highest BCUT2D eigenvalue weighted by molar-refractivity contribution is 5.80. The van der Waals surface area contributed by atoms with Gasteiger partial charge in [-0.15, -0.1) is 0 Å². The maximum absolute atomic E-state index is 12.0. The van der Waals surface area contributed by atoms with Crippen molar-refractivity contribution < 1.29 is 9.59 Å². The molecule has 2 amide bonds. The predicted molar refractivity (Wildman–Crippen MR) is 81.8 cm³/mol. The van der Waals surface area contributed by atoms with Crippen LogP contribution in [0.5, 0.6) is 0 Å². The highest BCUT2D eigenvalue weighted by Crippen LogP contribution is 2.25. The molecule has 0 bridgehead atoms. The number of nitrogens with zero attached hydrogens (tertiary/aromatic N) is 4. The van der Waals surface area contributed by atoms with Crippen LogP contribution < -0.4 is 5.32 Å². The number of hydrogen-bond donors (Lipinski definition) is 1. The fraction of sp³-hybridized carbons (Fsp3) is 0.733. The molecule has 2 heterocycles. The van der Waals surface area contributed by atoms with E-state index in [2.05, 4.69) is 15.4 Å². The molecule has 7 heteroatoms. The summed E-state index contributed by atoms with van der Waals surface area (Å²) in [5.41, 5.74) is -0.145. The van der Waals surface area contributed by atoms with E-state index in [1.54, 1.807) is 11.0 Å². The van der Waals surface area contributed by atoms with E-state index in [-0.39, 0.29) is 23.3 Å². The van der Waals surface area contributed by atoms with Crippen molar-refractivity contribution in [3.63, 3.8) is 0 Å². The molecule has 1 N–H and O–H groups in total. The van der Waals surface area contributed by atoms with E-state index in [1.807, 2.05) is 25.7 Å². The molecule has 1 saturated heterocycles. The Balaban J connectivity index is 1.65. The molecule has 1 aromatic rings. The zero-order valence-corrected chi connectivity index (χ0v) is 13.6. The zero-order valence-electron chi connectivity index (χ0n) is 13.6. The van der Waals surface area contributed by atoms with E-state index in [9.17, 15) is 9.59 Å². The van der Waals surface area contributed by atoms with Crippen molar-refractivity contribution >= 4 is 11.8 Å². The van der Waals surface area contributed by atoms with Gasteiger partial charge in [-0.2, -0.15) is 5.10 Å². The fourth-order valence-electron chi connectivity index (χ4n) is 2.66. The smallest absolute Gasteiger partial charge is 0.223 e. The number of rotatable bonds is 6. The van der Waals surface area contributed by atoms with Crippen molar-refractivity contribution in [2.24, 2.45) is 5.92 Å². The van der Waals surface area contributed by atoms with Gasteiger partial charge >= 0.3 is 0 Å². The van der Waals surface area contributed by atoms with Crippen LogP contribution in [0.1, 0.15) is 40.0 Å². The number of nitrogens with one attached hydrogen (secondary N) is 1. The molecular formula is C15H25N5O2. The first-order valence-corrected chi connectivity index (χ1v) is 7.76.